The van der Waals surface area contributed by atoms with E-state index in [0.29, 0.717) is 17.6 Å². The average molecular weight is 257 g/mol. The zero-order chi connectivity index (χ0) is 13.2. The van der Waals surface area contributed by atoms with Gasteiger partial charge in [0.05, 0.1) is 6.04 Å². The van der Waals surface area contributed by atoms with Crippen molar-refractivity contribution in [3.05, 3.63) is 35.9 Å². The van der Waals surface area contributed by atoms with Gasteiger partial charge in [-0.1, -0.05) is 43.7 Å². The molecule has 4 rings (SSSR count). The van der Waals surface area contributed by atoms with Crippen LogP contribution in [-0.4, -0.2) is 29.8 Å². The summed E-state index contributed by atoms with van der Waals surface area (Å²) in [5.41, 5.74) is 1.29. The van der Waals surface area contributed by atoms with Crippen molar-refractivity contribution in [1.82, 2.24) is 4.90 Å². The Morgan fingerprint density at radius 2 is 2.05 bits per heavy atom. The van der Waals surface area contributed by atoms with Crippen LogP contribution in [-0.2, 0) is 11.2 Å². The maximum Gasteiger partial charge on any atom is 0.153 e. The predicted molar refractivity (Wildman–Crippen MR) is 77.0 cm³/mol. The Balaban J connectivity index is 1.73. The Morgan fingerprint density at radius 1 is 1.26 bits per heavy atom. The number of benzene rings is 1. The molecule has 0 aliphatic carbocycles. The van der Waals surface area contributed by atoms with Crippen LogP contribution in [0.2, 0.25) is 0 Å². The third-order valence-corrected chi connectivity index (χ3v) is 4.83. The van der Waals surface area contributed by atoms with E-state index in [0.717, 1.165) is 25.9 Å². The number of rotatable bonds is 4. The maximum atomic E-state index is 12.6. The van der Waals surface area contributed by atoms with Crippen LogP contribution < -0.4 is 0 Å². The lowest BCUT2D eigenvalue weighted by molar-refractivity contribution is -0.141. The molecule has 3 aliphatic heterocycles. The smallest absolute Gasteiger partial charge is 0.153 e. The Kier molecular flexibility index (Phi) is 3.69. The molecule has 4 atom stereocenters. The third kappa shape index (κ3) is 2.46. The fourth-order valence-corrected chi connectivity index (χ4v) is 3.88. The van der Waals surface area contributed by atoms with Crippen molar-refractivity contribution in [2.24, 2.45) is 11.8 Å². The quantitative estimate of drug-likeness (QED) is 0.826. The van der Waals surface area contributed by atoms with E-state index in [1.54, 1.807) is 0 Å². The molecular weight excluding hydrogens is 234 g/mol. The molecule has 0 spiro atoms. The number of carbonyl (C=O) groups is 1. The highest BCUT2D eigenvalue weighted by Gasteiger charge is 2.45. The van der Waals surface area contributed by atoms with Crippen LogP contribution in [0.5, 0.6) is 0 Å². The summed E-state index contributed by atoms with van der Waals surface area (Å²) in [4.78, 5) is 15.1. The normalized spacial score (nSPS) is 33.6. The first kappa shape index (κ1) is 12.9. The number of hydrogen-bond acceptors (Lipinski definition) is 2. The average Bonchev–Trinajstić information content (AvgIpc) is 2.44. The number of fused-ring (bicyclic) bond motifs is 3. The number of Topliss-reactive ketones (excluding diaryl/α,β-unsaturated/α-hetero) is 1. The van der Waals surface area contributed by atoms with Gasteiger partial charge in [-0.2, -0.15) is 0 Å². The first-order valence-electron chi connectivity index (χ1n) is 7.61. The van der Waals surface area contributed by atoms with Gasteiger partial charge in [0.15, 0.2) is 5.78 Å². The van der Waals surface area contributed by atoms with E-state index in [1.807, 2.05) is 6.07 Å². The minimum absolute atomic E-state index is 0.147. The van der Waals surface area contributed by atoms with Gasteiger partial charge in [0.25, 0.3) is 0 Å². The van der Waals surface area contributed by atoms with E-state index in [1.165, 1.54) is 18.4 Å². The van der Waals surface area contributed by atoms with Gasteiger partial charge in [0.1, 0.15) is 0 Å². The molecule has 2 nitrogen and oxygen atoms in total. The van der Waals surface area contributed by atoms with E-state index >= 15 is 0 Å². The molecule has 0 saturated carbocycles. The molecule has 0 N–H and O–H groups in total. The number of hydrogen-bond donors (Lipinski definition) is 0. The molecule has 4 unspecified atom stereocenters. The second kappa shape index (κ2) is 5.46. The number of nitrogens with zero attached hydrogens (tertiary/aromatic N) is 1. The Labute approximate surface area is 115 Å². The van der Waals surface area contributed by atoms with Gasteiger partial charge in [0.2, 0.25) is 0 Å². The molecule has 3 saturated heterocycles. The largest absolute Gasteiger partial charge is 0.298 e. The monoisotopic (exact) mass is 257 g/mol. The van der Waals surface area contributed by atoms with Crippen LogP contribution in [0.4, 0.5) is 0 Å². The van der Waals surface area contributed by atoms with E-state index in [-0.39, 0.29) is 6.04 Å². The van der Waals surface area contributed by atoms with Crippen molar-refractivity contribution >= 4 is 5.78 Å². The molecule has 2 bridgehead atoms. The zero-order valence-corrected chi connectivity index (χ0v) is 11.7. The lowest BCUT2D eigenvalue weighted by Gasteiger charge is -2.48. The second-order valence-electron chi connectivity index (χ2n) is 6.05. The molecule has 3 aliphatic rings. The molecule has 0 aromatic heterocycles. The van der Waals surface area contributed by atoms with E-state index in [9.17, 15) is 4.79 Å². The van der Waals surface area contributed by atoms with Gasteiger partial charge in [-0.15, -0.1) is 0 Å². The molecule has 3 fully saturated rings. The van der Waals surface area contributed by atoms with Crippen molar-refractivity contribution in [2.75, 3.05) is 13.1 Å². The summed E-state index contributed by atoms with van der Waals surface area (Å²) < 4.78 is 0. The maximum absolute atomic E-state index is 12.6. The molecule has 0 radical (unpaired) electrons. The van der Waals surface area contributed by atoms with Crippen LogP contribution in [0.25, 0.3) is 0 Å². The summed E-state index contributed by atoms with van der Waals surface area (Å²) in [6.07, 6.45) is 4.40. The van der Waals surface area contributed by atoms with Crippen LogP contribution in [0.15, 0.2) is 30.3 Å². The summed E-state index contributed by atoms with van der Waals surface area (Å²) in [5.74, 6) is 1.48. The van der Waals surface area contributed by atoms with Crippen LogP contribution in [0.3, 0.4) is 0 Å². The molecule has 102 valence electrons. The predicted octanol–water partition coefficient (Wildman–Crippen LogP) is 2.92. The number of ketones is 1. The van der Waals surface area contributed by atoms with Crippen molar-refractivity contribution in [2.45, 2.75) is 38.6 Å². The minimum atomic E-state index is 0.147. The standard InChI is InChI=1S/C17H23NO/c1-2-6-14-12-18-10-9-15(14)17(19)16(18)11-13-7-4-3-5-8-13/h3-5,7-8,14-16H,2,6,9-12H2,1H3. The Hall–Kier alpha value is -1.15. The van der Waals surface area contributed by atoms with Crippen molar-refractivity contribution in [1.29, 1.82) is 0 Å². The van der Waals surface area contributed by atoms with Crippen molar-refractivity contribution in [3.8, 4) is 0 Å². The van der Waals surface area contributed by atoms with Crippen molar-refractivity contribution < 1.29 is 4.79 Å². The molecule has 2 heteroatoms. The van der Waals surface area contributed by atoms with E-state index < -0.39 is 0 Å². The number of carbonyl (C=O) groups excluding carboxylic acids is 1. The first-order valence-corrected chi connectivity index (χ1v) is 7.61. The minimum Gasteiger partial charge on any atom is -0.298 e. The van der Waals surface area contributed by atoms with Gasteiger partial charge in [-0.05, 0) is 37.3 Å². The summed E-state index contributed by atoms with van der Waals surface area (Å²) in [6, 6.07) is 10.6. The van der Waals surface area contributed by atoms with E-state index in [4.69, 9.17) is 0 Å². The second-order valence-corrected chi connectivity index (χ2v) is 6.05. The molecular formula is C17H23NO. The molecule has 1 aromatic carbocycles. The summed E-state index contributed by atoms with van der Waals surface area (Å²) >= 11 is 0. The van der Waals surface area contributed by atoms with Crippen LogP contribution in [0.1, 0.15) is 31.7 Å². The summed E-state index contributed by atoms with van der Waals surface area (Å²) in [6.45, 7) is 4.49. The Bertz CT molecular complexity index is 442. The highest BCUT2D eigenvalue weighted by Crippen LogP contribution is 2.37. The fourth-order valence-electron chi connectivity index (χ4n) is 3.88. The third-order valence-electron chi connectivity index (χ3n) is 4.83. The highest BCUT2D eigenvalue weighted by atomic mass is 16.1. The van der Waals surface area contributed by atoms with E-state index in [2.05, 4.69) is 36.1 Å². The van der Waals surface area contributed by atoms with Gasteiger partial charge in [-0.3, -0.25) is 9.69 Å². The summed E-state index contributed by atoms with van der Waals surface area (Å²) in [5, 5.41) is 0. The zero-order valence-electron chi connectivity index (χ0n) is 11.7. The lowest BCUT2D eigenvalue weighted by Crippen LogP contribution is -2.60. The fraction of sp³-hybridized carbons (Fsp3) is 0.588. The van der Waals surface area contributed by atoms with Gasteiger partial charge in [-0.25, -0.2) is 0 Å². The molecule has 1 aromatic rings. The van der Waals surface area contributed by atoms with Crippen molar-refractivity contribution in [3.63, 3.8) is 0 Å². The van der Waals surface area contributed by atoms with Crippen LogP contribution in [0, 0.1) is 11.8 Å². The summed E-state index contributed by atoms with van der Waals surface area (Å²) in [7, 11) is 0. The molecule has 3 heterocycles. The van der Waals surface area contributed by atoms with Crippen LogP contribution >= 0.6 is 0 Å². The highest BCUT2D eigenvalue weighted by molar-refractivity contribution is 5.88. The first-order chi connectivity index (χ1) is 9.29. The van der Waals surface area contributed by atoms with Gasteiger partial charge in [0, 0.05) is 12.5 Å². The Morgan fingerprint density at radius 3 is 2.74 bits per heavy atom. The van der Waals surface area contributed by atoms with Gasteiger partial charge < -0.3 is 0 Å². The lowest BCUT2D eigenvalue weighted by atomic mass is 9.72. The SMILES string of the molecule is CCCC1CN2CCC1C(=O)C2Cc1ccccc1. The van der Waals surface area contributed by atoms with Gasteiger partial charge >= 0.3 is 0 Å². The topological polar surface area (TPSA) is 20.3 Å². The number of piperidine rings is 3. The molecule has 0 amide bonds. The molecule has 19 heavy (non-hydrogen) atoms.